The van der Waals surface area contributed by atoms with Crippen LogP contribution in [-0.2, 0) is 0 Å². The van der Waals surface area contributed by atoms with E-state index in [1.54, 1.807) is 5.38 Å². The summed E-state index contributed by atoms with van der Waals surface area (Å²) in [6, 6.07) is 3.87. The molecular weight excluding hydrogens is 317 g/mol. The second-order valence-corrected chi connectivity index (χ2v) is 5.11. The lowest BCUT2D eigenvalue weighted by molar-refractivity contribution is 0.153. The minimum atomic E-state index is -2.37. The fraction of sp³-hybridized carbons (Fsp3) is 0.200. The highest BCUT2D eigenvalue weighted by Gasteiger charge is 2.15. The Bertz CT molecular complexity index is 476. The number of aryl methyl sites for hydroxylation is 1. The molecule has 0 fully saturated rings. The normalized spacial score (nSPS) is 11.5. The molecule has 2 aromatic rings. The zero-order valence-corrected chi connectivity index (χ0v) is 10.3. The predicted molar refractivity (Wildman–Crippen MR) is 64.2 cm³/mol. The van der Waals surface area contributed by atoms with Crippen LogP contribution in [0.4, 0.5) is 8.78 Å². The lowest BCUT2D eigenvalue weighted by Gasteiger charge is -2.03. The summed E-state index contributed by atoms with van der Waals surface area (Å²) in [5.74, 6) is 0. The van der Waals surface area contributed by atoms with E-state index in [-0.39, 0.29) is 5.56 Å². The third-order valence-corrected chi connectivity index (χ3v) is 4.33. The van der Waals surface area contributed by atoms with Crippen molar-refractivity contribution in [2.45, 2.75) is 13.3 Å². The van der Waals surface area contributed by atoms with Gasteiger partial charge in [0.2, 0.25) is 0 Å². The van der Waals surface area contributed by atoms with Gasteiger partial charge >= 0.3 is 0 Å². The molecule has 1 aromatic carbocycles. The number of benzene rings is 1. The smallest absolute Gasteiger partial charge is 0.205 e. The van der Waals surface area contributed by atoms with Crippen molar-refractivity contribution >= 4 is 44.0 Å². The number of hydrogen-bond donors (Lipinski definition) is 0. The Balaban J connectivity index is 2.82. The van der Waals surface area contributed by atoms with Crippen LogP contribution in [0.2, 0.25) is 0 Å². The third-order valence-electron chi connectivity index (χ3n) is 2.20. The van der Waals surface area contributed by atoms with Crippen LogP contribution in [-0.4, -0.2) is 0 Å². The number of halogens is 3. The van der Waals surface area contributed by atoms with Crippen molar-refractivity contribution in [2.24, 2.45) is 0 Å². The molecule has 0 saturated heterocycles. The average Bonchev–Trinajstić information content (AvgIpc) is 2.55. The van der Waals surface area contributed by atoms with Crippen molar-refractivity contribution in [3.8, 4) is 0 Å². The molecule has 4 heteroatoms. The maximum Gasteiger partial charge on any atom is 0.265 e. The largest absolute Gasteiger partial charge is 0.265 e. The fourth-order valence-electron chi connectivity index (χ4n) is 1.46. The van der Waals surface area contributed by atoms with Crippen molar-refractivity contribution in [3.05, 3.63) is 32.2 Å². The molecule has 1 aromatic heterocycles. The summed E-state index contributed by atoms with van der Waals surface area (Å²) in [6.07, 6.45) is -2.37. The molecule has 0 amide bonds. The summed E-state index contributed by atoms with van der Waals surface area (Å²) in [6.45, 7) is 1.89. The predicted octanol–water partition coefficient (Wildman–Crippen LogP) is 4.75. The molecule has 14 heavy (non-hydrogen) atoms. The van der Waals surface area contributed by atoms with Gasteiger partial charge in [-0.15, -0.1) is 11.3 Å². The highest BCUT2D eigenvalue weighted by atomic mass is 127. The van der Waals surface area contributed by atoms with Crippen LogP contribution in [0.3, 0.4) is 0 Å². The van der Waals surface area contributed by atoms with Gasteiger partial charge < -0.3 is 0 Å². The van der Waals surface area contributed by atoms with E-state index in [1.165, 1.54) is 11.3 Å². The Hall–Kier alpha value is -0.230. The highest BCUT2D eigenvalue weighted by molar-refractivity contribution is 14.1. The molecule has 0 bridgehead atoms. The number of rotatable bonds is 1. The van der Waals surface area contributed by atoms with Gasteiger partial charge in [-0.25, -0.2) is 8.78 Å². The molecule has 0 nitrogen and oxygen atoms in total. The topological polar surface area (TPSA) is 0 Å². The van der Waals surface area contributed by atoms with E-state index in [9.17, 15) is 8.78 Å². The van der Waals surface area contributed by atoms with Gasteiger partial charge in [-0.2, -0.15) is 0 Å². The maximum absolute atomic E-state index is 12.6. The van der Waals surface area contributed by atoms with Crippen LogP contribution >= 0.6 is 33.9 Å². The fourth-order valence-corrected chi connectivity index (χ4v) is 2.92. The quantitative estimate of drug-likeness (QED) is 0.664. The monoisotopic (exact) mass is 324 g/mol. The van der Waals surface area contributed by atoms with Gasteiger partial charge in [0.05, 0.1) is 0 Å². The first-order chi connectivity index (χ1) is 6.61. The van der Waals surface area contributed by atoms with Gasteiger partial charge in [0.25, 0.3) is 6.43 Å². The van der Waals surface area contributed by atoms with Gasteiger partial charge in [0.1, 0.15) is 0 Å². The minimum Gasteiger partial charge on any atom is -0.205 e. The van der Waals surface area contributed by atoms with Gasteiger partial charge in [-0.05, 0) is 47.2 Å². The second-order valence-electron chi connectivity index (χ2n) is 3.04. The molecule has 0 aliphatic heterocycles. The van der Waals surface area contributed by atoms with Gasteiger partial charge in [0, 0.05) is 24.6 Å². The Labute approximate surface area is 98.1 Å². The summed E-state index contributed by atoms with van der Waals surface area (Å²) < 4.78 is 27.3. The Morgan fingerprint density at radius 2 is 2.07 bits per heavy atom. The van der Waals surface area contributed by atoms with Gasteiger partial charge in [0.15, 0.2) is 0 Å². The van der Waals surface area contributed by atoms with Crippen LogP contribution in [0.1, 0.15) is 17.6 Å². The Morgan fingerprint density at radius 1 is 1.36 bits per heavy atom. The summed E-state index contributed by atoms with van der Waals surface area (Å²) in [4.78, 5) is 0. The highest BCUT2D eigenvalue weighted by Crippen LogP contribution is 2.36. The van der Waals surface area contributed by atoms with Crippen molar-refractivity contribution in [1.82, 2.24) is 0 Å². The molecule has 0 N–H and O–H groups in total. The SMILES string of the molecule is Cc1c(I)ccc2scc(C(F)F)c12. The summed E-state index contributed by atoms with van der Waals surface area (Å²) in [5.41, 5.74) is 1.13. The first-order valence-electron chi connectivity index (χ1n) is 4.05. The van der Waals surface area contributed by atoms with Gasteiger partial charge in [-0.1, -0.05) is 0 Å². The van der Waals surface area contributed by atoms with E-state index < -0.39 is 6.43 Å². The maximum atomic E-state index is 12.6. The van der Waals surface area contributed by atoms with E-state index in [0.717, 1.165) is 19.2 Å². The summed E-state index contributed by atoms with van der Waals surface area (Å²) in [5, 5.41) is 2.29. The van der Waals surface area contributed by atoms with Crippen molar-refractivity contribution < 1.29 is 8.78 Å². The lowest BCUT2D eigenvalue weighted by atomic mass is 10.1. The van der Waals surface area contributed by atoms with Crippen LogP contribution in [0.15, 0.2) is 17.5 Å². The average molecular weight is 324 g/mol. The van der Waals surface area contributed by atoms with Crippen LogP contribution in [0.25, 0.3) is 10.1 Å². The van der Waals surface area contributed by atoms with Crippen molar-refractivity contribution in [1.29, 1.82) is 0 Å². The molecule has 0 atom stereocenters. The molecule has 0 spiro atoms. The van der Waals surface area contributed by atoms with E-state index in [4.69, 9.17) is 0 Å². The third kappa shape index (κ3) is 1.54. The van der Waals surface area contributed by atoms with E-state index in [1.807, 2.05) is 19.1 Å². The van der Waals surface area contributed by atoms with Crippen molar-refractivity contribution in [2.75, 3.05) is 0 Å². The standard InChI is InChI=1S/C10H7F2IS/c1-5-7(13)2-3-8-9(5)6(4-14-8)10(11)12/h2-4,10H,1H3. The molecular formula is C10H7F2IS. The number of alkyl halides is 2. The minimum absolute atomic E-state index is 0.168. The zero-order chi connectivity index (χ0) is 10.3. The van der Waals surface area contributed by atoms with E-state index >= 15 is 0 Å². The van der Waals surface area contributed by atoms with Gasteiger partial charge in [-0.3, -0.25) is 0 Å². The van der Waals surface area contributed by atoms with E-state index in [2.05, 4.69) is 22.6 Å². The first kappa shape index (κ1) is 10.3. The molecule has 0 aliphatic carbocycles. The molecule has 2 rings (SSSR count). The summed E-state index contributed by atoms with van der Waals surface area (Å²) >= 11 is 3.55. The molecule has 74 valence electrons. The second kappa shape index (κ2) is 3.73. The first-order valence-corrected chi connectivity index (χ1v) is 6.01. The Morgan fingerprint density at radius 3 is 2.71 bits per heavy atom. The van der Waals surface area contributed by atoms with Crippen LogP contribution in [0.5, 0.6) is 0 Å². The number of hydrogen-bond acceptors (Lipinski definition) is 1. The Kier molecular flexibility index (Phi) is 2.74. The van der Waals surface area contributed by atoms with E-state index in [0.29, 0.717) is 0 Å². The van der Waals surface area contributed by atoms with Crippen LogP contribution in [0, 0.1) is 10.5 Å². The molecule has 1 heterocycles. The molecule has 0 aliphatic rings. The van der Waals surface area contributed by atoms with Crippen LogP contribution < -0.4 is 0 Å². The number of thiophene rings is 1. The zero-order valence-electron chi connectivity index (χ0n) is 7.35. The molecule has 0 unspecified atom stereocenters. The molecule has 0 saturated carbocycles. The summed E-state index contributed by atoms with van der Waals surface area (Å²) in [7, 11) is 0. The van der Waals surface area contributed by atoms with Crippen molar-refractivity contribution in [3.63, 3.8) is 0 Å². The lowest BCUT2D eigenvalue weighted by Crippen LogP contribution is -1.86. The number of fused-ring (bicyclic) bond motifs is 1. The molecule has 0 radical (unpaired) electrons.